The Morgan fingerprint density at radius 2 is 2.24 bits per heavy atom. The van der Waals surface area contributed by atoms with Crippen molar-refractivity contribution in [2.24, 2.45) is 0 Å². The molecule has 1 N–H and O–H groups in total. The second kappa shape index (κ2) is 5.60. The molecule has 17 heavy (non-hydrogen) atoms. The smallest absolute Gasteiger partial charge is 0.140 e. The number of nitrogens with zero attached hydrogens (tertiary/aromatic N) is 2. The first kappa shape index (κ1) is 12.5. The Hall–Kier alpha value is -0.940. The summed E-state index contributed by atoms with van der Waals surface area (Å²) in [6, 6.07) is 1.99. The Morgan fingerprint density at radius 1 is 1.41 bits per heavy atom. The summed E-state index contributed by atoms with van der Waals surface area (Å²) in [6.45, 7) is 5.05. The lowest BCUT2D eigenvalue weighted by atomic mass is 10.2. The summed E-state index contributed by atoms with van der Waals surface area (Å²) < 4.78 is 1.03. The minimum Gasteiger partial charge on any atom is -0.368 e. The summed E-state index contributed by atoms with van der Waals surface area (Å²) in [7, 11) is 0. The van der Waals surface area contributed by atoms with Gasteiger partial charge in [-0.2, -0.15) is 0 Å². The molecule has 3 nitrogen and oxygen atoms in total. The molecule has 0 aliphatic heterocycles. The molecule has 90 valence electrons. The summed E-state index contributed by atoms with van der Waals surface area (Å²) in [6.07, 6.45) is 3.66. The van der Waals surface area contributed by atoms with Gasteiger partial charge in [0.15, 0.2) is 0 Å². The lowest BCUT2D eigenvalue weighted by Crippen LogP contribution is -2.11. The van der Waals surface area contributed by atoms with Gasteiger partial charge in [0.05, 0.1) is 9.48 Å². The van der Waals surface area contributed by atoms with E-state index in [1.165, 1.54) is 5.56 Å². The van der Waals surface area contributed by atoms with Crippen LogP contribution in [0.4, 0.5) is 5.82 Å². The summed E-state index contributed by atoms with van der Waals surface area (Å²) in [5, 5.41) is 6.51. The van der Waals surface area contributed by atoms with Crippen molar-refractivity contribution in [3.05, 3.63) is 38.9 Å². The van der Waals surface area contributed by atoms with Gasteiger partial charge in [0.2, 0.25) is 0 Å². The van der Waals surface area contributed by atoms with Crippen LogP contribution in [0.2, 0.25) is 0 Å². The Bertz CT molecular complexity index is 485. The zero-order chi connectivity index (χ0) is 12.3. The van der Waals surface area contributed by atoms with Crippen LogP contribution in [-0.4, -0.2) is 16.5 Å². The van der Waals surface area contributed by atoms with Crippen LogP contribution in [0, 0.1) is 6.92 Å². The molecule has 0 amide bonds. The number of nitrogens with one attached hydrogen (secondary N) is 1. The van der Waals surface area contributed by atoms with Crippen molar-refractivity contribution < 1.29 is 0 Å². The van der Waals surface area contributed by atoms with Crippen molar-refractivity contribution in [3.8, 4) is 0 Å². The molecule has 0 aromatic carbocycles. The molecule has 0 fully saturated rings. The van der Waals surface area contributed by atoms with E-state index in [0.29, 0.717) is 5.92 Å². The Kier molecular flexibility index (Phi) is 4.12. The molecule has 0 aliphatic rings. The quantitative estimate of drug-likeness (QED) is 0.932. The van der Waals surface area contributed by atoms with Gasteiger partial charge in [-0.3, -0.25) is 0 Å². The molecule has 0 saturated heterocycles. The highest BCUT2D eigenvalue weighted by Gasteiger charge is 2.09. The zero-order valence-electron chi connectivity index (χ0n) is 9.77. The van der Waals surface area contributed by atoms with E-state index in [4.69, 9.17) is 0 Å². The van der Waals surface area contributed by atoms with E-state index < -0.39 is 0 Å². The van der Waals surface area contributed by atoms with E-state index in [0.717, 1.165) is 21.8 Å². The minimum atomic E-state index is 0.393. The predicted molar refractivity (Wildman–Crippen MR) is 75.7 cm³/mol. The maximum Gasteiger partial charge on any atom is 0.140 e. The normalized spacial score (nSPS) is 12.4. The van der Waals surface area contributed by atoms with Crippen LogP contribution >= 0.6 is 27.3 Å². The summed E-state index contributed by atoms with van der Waals surface area (Å²) in [4.78, 5) is 8.63. The fourth-order valence-corrected chi connectivity index (χ4v) is 2.55. The Balaban J connectivity index is 2.00. The van der Waals surface area contributed by atoms with Crippen molar-refractivity contribution >= 4 is 33.1 Å². The molecular weight excluding hydrogens is 298 g/mol. The van der Waals surface area contributed by atoms with Gasteiger partial charge in [0.1, 0.15) is 5.82 Å². The number of halogens is 1. The summed E-state index contributed by atoms with van der Waals surface area (Å²) in [5.74, 6) is 1.29. The summed E-state index contributed by atoms with van der Waals surface area (Å²) >= 11 is 5.23. The van der Waals surface area contributed by atoms with Crippen molar-refractivity contribution in [3.63, 3.8) is 0 Å². The molecule has 2 rings (SSSR count). The minimum absolute atomic E-state index is 0.393. The van der Waals surface area contributed by atoms with Gasteiger partial charge < -0.3 is 5.32 Å². The van der Waals surface area contributed by atoms with Crippen LogP contribution in [0.3, 0.4) is 0 Å². The lowest BCUT2D eigenvalue weighted by Gasteiger charge is -2.12. The molecule has 0 radical (unpaired) electrons. The van der Waals surface area contributed by atoms with Gasteiger partial charge in [-0.25, -0.2) is 9.97 Å². The molecular formula is C12H14BrN3S. The molecule has 2 aromatic rings. The maximum absolute atomic E-state index is 4.32. The first-order chi connectivity index (χ1) is 8.18. The number of anilines is 1. The van der Waals surface area contributed by atoms with Crippen molar-refractivity contribution in [2.75, 3.05) is 11.9 Å². The molecule has 0 aliphatic carbocycles. The van der Waals surface area contributed by atoms with Gasteiger partial charge in [0.25, 0.3) is 0 Å². The standard InChI is InChI=1S/C12H14BrN3S/c1-8-3-4-14-11(10(8)13)16-7-9(2)12-15-5-6-17-12/h3-6,9H,7H2,1-2H3,(H,14,16). The van der Waals surface area contributed by atoms with E-state index in [1.54, 1.807) is 11.3 Å². The van der Waals surface area contributed by atoms with Gasteiger partial charge >= 0.3 is 0 Å². The highest BCUT2D eigenvalue weighted by Crippen LogP contribution is 2.24. The topological polar surface area (TPSA) is 37.8 Å². The van der Waals surface area contributed by atoms with E-state index >= 15 is 0 Å². The lowest BCUT2D eigenvalue weighted by molar-refractivity contribution is 0.791. The Labute approximate surface area is 113 Å². The molecule has 5 heteroatoms. The molecule has 0 spiro atoms. The third kappa shape index (κ3) is 3.04. The molecule has 0 bridgehead atoms. The zero-order valence-corrected chi connectivity index (χ0v) is 12.2. The average Bonchev–Trinajstić information content (AvgIpc) is 2.84. The summed E-state index contributed by atoms with van der Waals surface area (Å²) in [5.41, 5.74) is 1.18. The largest absolute Gasteiger partial charge is 0.368 e. The van der Waals surface area contributed by atoms with Crippen molar-refractivity contribution in [2.45, 2.75) is 19.8 Å². The highest BCUT2D eigenvalue weighted by molar-refractivity contribution is 9.10. The molecule has 1 unspecified atom stereocenters. The number of aryl methyl sites for hydroxylation is 1. The van der Waals surface area contributed by atoms with E-state index in [2.05, 4.69) is 45.1 Å². The number of hydrogen-bond donors (Lipinski definition) is 1. The molecule has 2 aromatic heterocycles. The first-order valence-corrected chi connectivity index (χ1v) is 7.10. The third-order valence-corrected chi connectivity index (χ3v) is 4.54. The van der Waals surface area contributed by atoms with Gasteiger partial charge in [-0.1, -0.05) is 6.92 Å². The van der Waals surface area contributed by atoms with Gasteiger partial charge in [-0.05, 0) is 34.5 Å². The molecule has 1 atom stereocenters. The molecule has 2 heterocycles. The number of aromatic nitrogens is 2. The predicted octanol–water partition coefficient (Wildman–Crippen LogP) is 3.82. The van der Waals surface area contributed by atoms with Crippen LogP contribution in [0.1, 0.15) is 23.4 Å². The SMILES string of the molecule is Cc1ccnc(NCC(C)c2nccs2)c1Br. The first-order valence-electron chi connectivity index (χ1n) is 5.43. The second-order valence-electron chi connectivity index (χ2n) is 3.94. The number of hydrogen-bond acceptors (Lipinski definition) is 4. The van der Waals surface area contributed by atoms with E-state index in [9.17, 15) is 0 Å². The second-order valence-corrected chi connectivity index (χ2v) is 5.66. The van der Waals surface area contributed by atoms with Crippen LogP contribution < -0.4 is 5.32 Å². The average molecular weight is 312 g/mol. The van der Waals surface area contributed by atoms with Crippen molar-refractivity contribution in [1.82, 2.24) is 9.97 Å². The number of rotatable bonds is 4. The Morgan fingerprint density at radius 3 is 2.94 bits per heavy atom. The van der Waals surface area contributed by atoms with Crippen LogP contribution in [0.5, 0.6) is 0 Å². The monoisotopic (exact) mass is 311 g/mol. The number of thiazole rings is 1. The highest BCUT2D eigenvalue weighted by atomic mass is 79.9. The number of pyridine rings is 1. The van der Waals surface area contributed by atoms with Gasteiger partial charge in [0, 0.05) is 30.2 Å². The fourth-order valence-electron chi connectivity index (χ4n) is 1.48. The van der Waals surface area contributed by atoms with E-state index in [1.807, 2.05) is 23.8 Å². The molecule has 0 saturated carbocycles. The van der Waals surface area contributed by atoms with E-state index in [-0.39, 0.29) is 0 Å². The maximum atomic E-state index is 4.32. The third-order valence-electron chi connectivity index (χ3n) is 2.53. The van der Waals surface area contributed by atoms with Crippen LogP contribution in [0.25, 0.3) is 0 Å². The van der Waals surface area contributed by atoms with Gasteiger partial charge in [-0.15, -0.1) is 11.3 Å². The van der Waals surface area contributed by atoms with Crippen LogP contribution in [0.15, 0.2) is 28.3 Å². The van der Waals surface area contributed by atoms with Crippen LogP contribution in [-0.2, 0) is 0 Å². The fraction of sp³-hybridized carbons (Fsp3) is 0.333. The van der Waals surface area contributed by atoms with Crippen molar-refractivity contribution in [1.29, 1.82) is 0 Å².